The summed E-state index contributed by atoms with van der Waals surface area (Å²) in [5.74, 6) is 1.94. The second-order valence-corrected chi connectivity index (χ2v) is 15.5. The molecule has 12 rings (SSSR count). The Kier molecular flexibility index (Phi) is 6.76. The van der Waals surface area contributed by atoms with E-state index in [9.17, 15) is 0 Å². The first-order chi connectivity index (χ1) is 27.7. The van der Waals surface area contributed by atoms with Crippen LogP contribution in [0.25, 0.3) is 114 Å². The monoisotopic (exact) mass is 730 g/mol. The molecule has 3 heterocycles. The molecule has 0 saturated carbocycles. The lowest BCUT2D eigenvalue weighted by molar-refractivity contribution is 1.08. The van der Waals surface area contributed by atoms with E-state index in [-0.39, 0.29) is 0 Å². The van der Waals surface area contributed by atoms with Gasteiger partial charge in [-0.2, -0.15) is 0 Å². The summed E-state index contributed by atoms with van der Waals surface area (Å²) < 4.78 is 4.86. The molecule has 0 fully saturated rings. The van der Waals surface area contributed by atoms with Crippen molar-refractivity contribution in [3.05, 3.63) is 182 Å². The molecule has 56 heavy (non-hydrogen) atoms. The van der Waals surface area contributed by atoms with Gasteiger partial charge in [-0.05, 0) is 80.8 Å². The minimum atomic E-state index is 0.638. The third-order valence-corrected chi connectivity index (χ3v) is 12.3. The average molecular weight is 731 g/mol. The van der Waals surface area contributed by atoms with Crippen molar-refractivity contribution in [1.29, 1.82) is 0 Å². The number of thiophene rings is 1. The molecule has 0 aliphatic heterocycles. The molecular formula is C51H30N4S. The van der Waals surface area contributed by atoms with Gasteiger partial charge in [-0.15, -0.1) is 11.3 Å². The van der Waals surface area contributed by atoms with Gasteiger partial charge in [0.25, 0.3) is 0 Å². The van der Waals surface area contributed by atoms with Gasteiger partial charge in [0.1, 0.15) is 0 Å². The molecule has 4 nitrogen and oxygen atoms in total. The van der Waals surface area contributed by atoms with Crippen molar-refractivity contribution in [2.75, 3.05) is 0 Å². The zero-order chi connectivity index (χ0) is 36.7. The van der Waals surface area contributed by atoms with Crippen LogP contribution in [0, 0.1) is 0 Å². The van der Waals surface area contributed by atoms with Crippen LogP contribution in [0.2, 0.25) is 0 Å². The normalized spacial score (nSPS) is 11.9. The summed E-state index contributed by atoms with van der Waals surface area (Å²) in [7, 11) is 0. The average Bonchev–Trinajstić information content (AvgIpc) is 3.80. The maximum Gasteiger partial charge on any atom is 0.164 e. The molecule has 0 N–H and O–H groups in total. The highest BCUT2D eigenvalue weighted by Gasteiger charge is 2.20. The molecule has 0 saturated heterocycles. The number of hydrogen-bond donors (Lipinski definition) is 0. The van der Waals surface area contributed by atoms with E-state index in [0.717, 1.165) is 49.6 Å². The van der Waals surface area contributed by atoms with Gasteiger partial charge < -0.3 is 4.57 Å². The minimum absolute atomic E-state index is 0.638. The molecule has 3 aromatic heterocycles. The molecular weight excluding hydrogens is 701 g/mol. The first kappa shape index (κ1) is 31.2. The highest BCUT2D eigenvalue weighted by atomic mass is 32.1. The second-order valence-electron chi connectivity index (χ2n) is 14.4. The fraction of sp³-hybridized carbons (Fsp3) is 0. The molecule has 0 atom stereocenters. The smallest absolute Gasteiger partial charge is 0.164 e. The molecule has 260 valence electrons. The molecule has 0 bridgehead atoms. The number of para-hydroxylation sites is 1. The Labute approximate surface area is 325 Å². The van der Waals surface area contributed by atoms with Crippen molar-refractivity contribution in [2.45, 2.75) is 0 Å². The summed E-state index contributed by atoms with van der Waals surface area (Å²) in [6.07, 6.45) is 0. The maximum atomic E-state index is 5.41. The number of rotatable bonds is 4. The van der Waals surface area contributed by atoms with Crippen LogP contribution in [0.5, 0.6) is 0 Å². The van der Waals surface area contributed by atoms with Gasteiger partial charge in [-0.25, -0.2) is 15.0 Å². The van der Waals surface area contributed by atoms with Crippen molar-refractivity contribution in [1.82, 2.24) is 19.5 Å². The van der Waals surface area contributed by atoms with Crippen molar-refractivity contribution in [3.8, 4) is 39.9 Å². The van der Waals surface area contributed by atoms with Gasteiger partial charge in [-0.1, -0.05) is 133 Å². The zero-order valence-corrected chi connectivity index (χ0v) is 30.8. The molecule has 0 aliphatic carbocycles. The van der Waals surface area contributed by atoms with Gasteiger partial charge in [0.2, 0.25) is 0 Å². The predicted molar refractivity (Wildman–Crippen MR) is 236 cm³/mol. The SMILES string of the molecule is c1ccc2cc(-c3nc(-c4cc(-n5c6ccccc6c6cc7ccccc7cc65)cc5ccccc45)nc(-c4cccc5sc6ccccc6c45)n3)ccc2c1. The van der Waals surface area contributed by atoms with Crippen molar-refractivity contribution >= 4 is 85.6 Å². The van der Waals surface area contributed by atoms with Crippen LogP contribution in [-0.4, -0.2) is 19.5 Å². The van der Waals surface area contributed by atoms with E-state index in [0.29, 0.717) is 17.5 Å². The van der Waals surface area contributed by atoms with Crippen LogP contribution < -0.4 is 0 Å². The Morgan fingerprint density at radius 1 is 0.357 bits per heavy atom. The quantitative estimate of drug-likeness (QED) is 0.181. The second kappa shape index (κ2) is 12.2. The van der Waals surface area contributed by atoms with Crippen LogP contribution in [-0.2, 0) is 0 Å². The lowest BCUT2D eigenvalue weighted by Gasteiger charge is -2.15. The van der Waals surface area contributed by atoms with Crippen LogP contribution in [0.3, 0.4) is 0 Å². The largest absolute Gasteiger partial charge is 0.309 e. The third-order valence-electron chi connectivity index (χ3n) is 11.2. The van der Waals surface area contributed by atoms with Crippen molar-refractivity contribution < 1.29 is 0 Å². The molecule has 0 unspecified atom stereocenters. The first-order valence-electron chi connectivity index (χ1n) is 18.8. The number of hydrogen-bond acceptors (Lipinski definition) is 4. The summed E-state index contributed by atoms with van der Waals surface area (Å²) in [5.41, 5.74) is 6.28. The molecule has 12 aromatic rings. The molecule has 0 radical (unpaired) electrons. The Hall–Kier alpha value is -7.21. The highest BCUT2D eigenvalue weighted by Crippen LogP contribution is 2.41. The van der Waals surface area contributed by atoms with E-state index < -0.39 is 0 Å². The van der Waals surface area contributed by atoms with Gasteiger partial charge >= 0.3 is 0 Å². The summed E-state index contributed by atoms with van der Waals surface area (Å²) in [6, 6.07) is 65.1. The fourth-order valence-electron chi connectivity index (χ4n) is 8.58. The Morgan fingerprint density at radius 3 is 1.82 bits per heavy atom. The highest BCUT2D eigenvalue weighted by molar-refractivity contribution is 7.25. The Morgan fingerprint density at radius 2 is 0.982 bits per heavy atom. The summed E-state index contributed by atoms with van der Waals surface area (Å²) >= 11 is 1.80. The van der Waals surface area contributed by atoms with Gasteiger partial charge in [0.05, 0.1) is 11.0 Å². The van der Waals surface area contributed by atoms with E-state index in [4.69, 9.17) is 15.0 Å². The van der Waals surface area contributed by atoms with E-state index in [1.807, 2.05) is 0 Å². The van der Waals surface area contributed by atoms with Gasteiger partial charge in [-0.3, -0.25) is 0 Å². The zero-order valence-electron chi connectivity index (χ0n) is 30.0. The number of nitrogens with zero attached hydrogens (tertiary/aromatic N) is 4. The lowest BCUT2D eigenvalue weighted by Crippen LogP contribution is -2.02. The fourth-order valence-corrected chi connectivity index (χ4v) is 9.71. The van der Waals surface area contributed by atoms with Gasteiger partial charge in [0.15, 0.2) is 17.5 Å². The predicted octanol–water partition coefficient (Wildman–Crippen LogP) is 13.8. The van der Waals surface area contributed by atoms with Crippen molar-refractivity contribution in [2.24, 2.45) is 0 Å². The van der Waals surface area contributed by atoms with Crippen LogP contribution in [0.4, 0.5) is 0 Å². The van der Waals surface area contributed by atoms with E-state index >= 15 is 0 Å². The standard InChI is InChI=1S/C51H30N4S/c1-2-13-32-26-36(25-24-31(32)12-1)49-52-50(41-20-11-23-47-48(41)40-19-8-10-22-46(40)56-47)54-51(53-49)43-30-37(27-35-16-5-6-17-38(35)43)55-44-21-9-7-18-39(44)42-28-33-14-3-4-15-34(33)29-45(42)55/h1-30H. The molecule has 0 spiro atoms. The summed E-state index contributed by atoms with van der Waals surface area (Å²) in [4.78, 5) is 16.0. The number of fused-ring (bicyclic) bond motifs is 9. The van der Waals surface area contributed by atoms with E-state index in [1.165, 1.54) is 47.1 Å². The Bertz CT molecular complexity index is 3560. The van der Waals surface area contributed by atoms with Crippen LogP contribution in [0.1, 0.15) is 0 Å². The van der Waals surface area contributed by atoms with E-state index in [2.05, 4.69) is 187 Å². The third kappa shape index (κ3) is 4.81. The first-order valence-corrected chi connectivity index (χ1v) is 19.7. The lowest BCUT2D eigenvalue weighted by atomic mass is 10.0. The minimum Gasteiger partial charge on any atom is -0.309 e. The molecule has 9 aromatic carbocycles. The van der Waals surface area contributed by atoms with E-state index in [1.54, 1.807) is 11.3 Å². The van der Waals surface area contributed by atoms with Gasteiger partial charge in [0, 0.05) is 53.3 Å². The Balaban J connectivity index is 1.16. The van der Waals surface area contributed by atoms with Crippen LogP contribution in [0.15, 0.2) is 182 Å². The topological polar surface area (TPSA) is 43.6 Å². The molecule has 0 amide bonds. The maximum absolute atomic E-state index is 5.41. The van der Waals surface area contributed by atoms with Crippen molar-refractivity contribution in [3.63, 3.8) is 0 Å². The summed E-state index contributed by atoms with van der Waals surface area (Å²) in [5, 5.41) is 11.8. The van der Waals surface area contributed by atoms with Crippen LogP contribution >= 0.6 is 11.3 Å². The number of benzene rings is 9. The molecule has 5 heteroatoms. The molecule has 0 aliphatic rings. The number of aromatic nitrogens is 4. The summed E-state index contributed by atoms with van der Waals surface area (Å²) in [6.45, 7) is 0.